The molecule has 9 unspecified atom stereocenters. The normalized spacial score (nSPS) is 21.8. The van der Waals surface area contributed by atoms with Crippen LogP contribution in [0.2, 0.25) is 0 Å². The van der Waals surface area contributed by atoms with Gasteiger partial charge in [-0.2, -0.15) is 0 Å². The number of carbonyl (C=O) groups is 1. The van der Waals surface area contributed by atoms with Crippen molar-refractivity contribution in [2.24, 2.45) is 0 Å². The van der Waals surface area contributed by atoms with Crippen molar-refractivity contribution in [3.8, 4) is 0 Å². The Bertz CT molecular complexity index is 970. The maximum Gasteiger partial charge on any atom is 0.249 e. The molecular weight excluding hydrogens is 751 g/mol. The summed E-state index contributed by atoms with van der Waals surface area (Å²) in [5, 5.41) is 75.2. The third-order valence-corrected chi connectivity index (χ3v) is 12.1. The minimum absolute atomic E-state index is 0.260. The zero-order chi connectivity index (χ0) is 43.4. The fraction of sp³-hybridized carbons (Fsp3) is 0.938. The molecule has 8 N–H and O–H groups in total. The molecule has 1 aliphatic rings. The number of aliphatic hydroxyl groups excluding tert-OH is 7. The lowest BCUT2D eigenvalue weighted by Crippen LogP contribution is -2.60. The first-order chi connectivity index (χ1) is 28.7. The molecule has 0 aliphatic carbocycles. The smallest absolute Gasteiger partial charge is 0.249 e. The molecule has 11 nitrogen and oxygen atoms in total. The standard InChI is InChI=1S/C48H93NO10/c1-3-5-7-9-11-12-13-14-15-16-17-18-19-20-21-22-23-24-25-26-27-28-29-30-32-34-36-41(52)47(57)49-39(43(53)40(51)35-33-31-10-8-6-4-2)38-58-48-46(56)45(55)44(54)42(37-50)59-48/h20-21,39-46,48,50-56H,3-19,22-38H2,1-2H3,(H,49,57)/b21-20-. The highest BCUT2D eigenvalue weighted by Gasteiger charge is 2.44. The van der Waals surface area contributed by atoms with E-state index in [-0.39, 0.29) is 6.42 Å². The molecule has 0 aromatic carbocycles. The summed E-state index contributed by atoms with van der Waals surface area (Å²) in [6.45, 7) is 3.36. The second-order valence-electron chi connectivity index (χ2n) is 17.5. The summed E-state index contributed by atoms with van der Waals surface area (Å²) >= 11 is 0. The number of hydrogen-bond donors (Lipinski definition) is 8. The van der Waals surface area contributed by atoms with E-state index in [4.69, 9.17) is 9.47 Å². The molecule has 0 spiro atoms. The van der Waals surface area contributed by atoms with Crippen LogP contribution in [0.1, 0.15) is 219 Å². The van der Waals surface area contributed by atoms with Crippen LogP contribution in [0.15, 0.2) is 12.2 Å². The zero-order valence-electron chi connectivity index (χ0n) is 37.7. The van der Waals surface area contributed by atoms with Crippen molar-refractivity contribution in [2.45, 2.75) is 274 Å². The van der Waals surface area contributed by atoms with Gasteiger partial charge in [-0.1, -0.05) is 193 Å². The lowest BCUT2D eigenvalue weighted by atomic mass is 9.98. The van der Waals surface area contributed by atoms with Gasteiger partial charge < -0.3 is 50.5 Å². The van der Waals surface area contributed by atoms with Gasteiger partial charge in [-0.15, -0.1) is 0 Å². The Hall–Kier alpha value is -1.15. The number of carbonyl (C=O) groups excluding carboxylic acids is 1. The van der Waals surface area contributed by atoms with E-state index in [1.54, 1.807) is 0 Å². The van der Waals surface area contributed by atoms with Crippen molar-refractivity contribution in [1.29, 1.82) is 0 Å². The summed E-state index contributed by atoms with van der Waals surface area (Å²) in [6, 6.07) is -1.16. The SMILES string of the molecule is CCCCCCCCCCCCCC/C=C\CCCCCCCCCCCCC(O)C(=O)NC(COC1OC(CO)C(O)C(O)C1O)C(O)C(O)CCCCCCCC. The third-order valence-electron chi connectivity index (χ3n) is 12.1. The van der Waals surface area contributed by atoms with Gasteiger partial charge in [0.05, 0.1) is 25.4 Å². The molecule has 350 valence electrons. The first-order valence-electron chi connectivity index (χ1n) is 24.6. The number of nitrogens with one attached hydrogen (secondary N) is 1. The summed E-state index contributed by atoms with van der Waals surface area (Å²) in [7, 11) is 0. The second-order valence-corrected chi connectivity index (χ2v) is 17.5. The summed E-state index contributed by atoms with van der Waals surface area (Å²) in [4.78, 5) is 13.0. The zero-order valence-corrected chi connectivity index (χ0v) is 37.7. The van der Waals surface area contributed by atoms with Crippen LogP contribution in [0, 0.1) is 0 Å². The van der Waals surface area contributed by atoms with Crippen molar-refractivity contribution >= 4 is 5.91 Å². The van der Waals surface area contributed by atoms with Crippen LogP contribution < -0.4 is 5.32 Å². The Morgan fingerprint density at radius 3 is 1.42 bits per heavy atom. The van der Waals surface area contributed by atoms with Gasteiger partial charge in [0.15, 0.2) is 6.29 Å². The molecule has 59 heavy (non-hydrogen) atoms. The highest BCUT2D eigenvalue weighted by Crippen LogP contribution is 2.23. The lowest BCUT2D eigenvalue weighted by molar-refractivity contribution is -0.303. The first-order valence-corrected chi connectivity index (χ1v) is 24.6. The van der Waals surface area contributed by atoms with Crippen LogP contribution in [0.25, 0.3) is 0 Å². The first kappa shape index (κ1) is 55.9. The van der Waals surface area contributed by atoms with Crippen molar-refractivity contribution in [1.82, 2.24) is 5.32 Å². The molecule has 0 saturated carbocycles. The number of allylic oxidation sites excluding steroid dienone is 2. The highest BCUT2D eigenvalue weighted by atomic mass is 16.7. The number of rotatable bonds is 41. The number of aliphatic hydroxyl groups is 7. The second kappa shape index (κ2) is 38.5. The van der Waals surface area contributed by atoms with Crippen molar-refractivity contribution in [3.05, 3.63) is 12.2 Å². The highest BCUT2D eigenvalue weighted by molar-refractivity contribution is 5.80. The summed E-state index contributed by atoms with van der Waals surface area (Å²) in [5.41, 5.74) is 0. The number of hydrogen-bond acceptors (Lipinski definition) is 10. The van der Waals surface area contributed by atoms with Gasteiger partial charge in [0.1, 0.15) is 36.6 Å². The van der Waals surface area contributed by atoms with Gasteiger partial charge in [-0.25, -0.2) is 0 Å². The average molecular weight is 844 g/mol. The van der Waals surface area contributed by atoms with E-state index >= 15 is 0 Å². The fourth-order valence-electron chi connectivity index (χ4n) is 7.96. The lowest BCUT2D eigenvalue weighted by Gasteiger charge is -2.40. The van der Waals surface area contributed by atoms with E-state index in [1.807, 2.05) is 0 Å². The average Bonchev–Trinajstić information content (AvgIpc) is 3.23. The Morgan fingerprint density at radius 1 is 0.576 bits per heavy atom. The van der Waals surface area contributed by atoms with E-state index in [0.29, 0.717) is 19.3 Å². The molecule has 0 aromatic rings. The van der Waals surface area contributed by atoms with E-state index < -0.39 is 74.2 Å². The van der Waals surface area contributed by atoms with Crippen molar-refractivity contribution < 1.29 is 50.0 Å². The molecule has 1 heterocycles. The molecule has 11 heteroatoms. The van der Waals surface area contributed by atoms with Crippen LogP contribution in [0.3, 0.4) is 0 Å². The number of unbranched alkanes of at least 4 members (excludes halogenated alkanes) is 27. The third kappa shape index (κ3) is 28.2. The number of ether oxygens (including phenoxy) is 2. The van der Waals surface area contributed by atoms with Crippen LogP contribution >= 0.6 is 0 Å². The summed E-state index contributed by atoms with van der Waals surface area (Å²) < 4.78 is 11.0. The molecule has 0 radical (unpaired) electrons. The molecule has 1 amide bonds. The maximum absolute atomic E-state index is 13.0. The summed E-state index contributed by atoms with van der Waals surface area (Å²) in [5.74, 6) is -0.701. The monoisotopic (exact) mass is 844 g/mol. The predicted molar refractivity (Wildman–Crippen MR) is 238 cm³/mol. The molecule has 0 bridgehead atoms. The van der Waals surface area contributed by atoms with E-state index in [2.05, 4.69) is 31.3 Å². The molecule has 1 aliphatic heterocycles. The van der Waals surface area contributed by atoms with Crippen LogP contribution in [0.4, 0.5) is 0 Å². The van der Waals surface area contributed by atoms with Crippen LogP contribution in [-0.4, -0.2) is 110 Å². The minimum atomic E-state index is -1.66. The van der Waals surface area contributed by atoms with Crippen molar-refractivity contribution in [2.75, 3.05) is 13.2 Å². The summed E-state index contributed by atoms with van der Waals surface area (Å²) in [6.07, 6.45) is 30.4. The van der Waals surface area contributed by atoms with Gasteiger partial charge in [-0.3, -0.25) is 4.79 Å². The molecule has 1 fully saturated rings. The van der Waals surface area contributed by atoms with Crippen LogP contribution in [0.5, 0.6) is 0 Å². The fourth-order valence-corrected chi connectivity index (χ4v) is 7.96. The Morgan fingerprint density at radius 2 is 0.983 bits per heavy atom. The van der Waals surface area contributed by atoms with Gasteiger partial charge >= 0.3 is 0 Å². The topological polar surface area (TPSA) is 189 Å². The minimum Gasteiger partial charge on any atom is -0.394 e. The van der Waals surface area contributed by atoms with Gasteiger partial charge in [0.2, 0.25) is 5.91 Å². The predicted octanol–water partition coefficient (Wildman–Crippen LogP) is 8.45. The molecule has 1 rings (SSSR count). The Labute approximate surface area is 360 Å². The largest absolute Gasteiger partial charge is 0.394 e. The van der Waals surface area contributed by atoms with E-state index in [9.17, 15) is 40.5 Å². The van der Waals surface area contributed by atoms with E-state index in [0.717, 1.165) is 51.4 Å². The Kier molecular flexibility index (Phi) is 36.5. The maximum atomic E-state index is 13.0. The van der Waals surface area contributed by atoms with Gasteiger partial charge in [0, 0.05) is 0 Å². The quantitative estimate of drug-likeness (QED) is 0.0219. The van der Waals surface area contributed by atoms with E-state index in [1.165, 1.54) is 128 Å². The molecule has 0 aromatic heterocycles. The van der Waals surface area contributed by atoms with Crippen LogP contribution in [-0.2, 0) is 14.3 Å². The van der Waals surface area contributed by atoms with Crippen molar-refractivity contribution in [3.63, 3.8) is 0 Å². The molecule has 1 saturated heterocycles. The van der Waals surface area contributed by atoms with Gasteiger partial charge in [0.25, 0.3) is 0 Å². The number of amides is 1. The Balaban J connectivity index is 2.22. The molecule has 9 atom stereocenters. The molecular formula is C48H93NO10. The van der Waals surface area contributed by atoms with Gasteiger partial charge in [-0.05, 0) is 38.5 Å².